The first-order chi connectivity index (χ1) is 6.22. The molecule has 0 bridgehead atoms. The Kier molecular flexibility index (Phi) is 2.37. The summed E-state index contributed by atoms with van der Waals surface area (Å²) in [6.07, 6.45) is 0. The number of fused-ring (bicyclic) bond motifs is 1. The van der Waals surface area contributed by atoms with Gasteiger partial charge in [0.25, 0.3) is 0 Å². The maximum Gasteiger partial charge on any atom is 0.0518 e. The molecule has 1 unspecified atom stereocenters. The van der Waals surface area contributed by atoms with E-state index in [9.17, 15) is 0 Å². The highest BCUT2D eigenvalue weighted by Crippen LogP contribution is 2.38. The third-order valence-corrected chi connectivity index (χ3v) is 2.79. The number of anilines is 1. The molecule has 0 aromatic heterocycles. The van der Waals surface area contributed by atoms with E-state index in [0.717, 1.165) is 17.8 Å². The van der Waals surface area contributed by atoms with Crippen molar-refractivity contribution in [2.75, 3.05) is 18.5 Å². The summed E-state index contributed by atoms with van der Waals surface area (Å²) in [6, 6.07) is 3.54. The molecule has 0 spiro atoms. The largest absolute Gasteiger partial charge is 0.396 e. The fraction of sp³-hybridized carbons (Fsp3) is 0.333. The number of halogens is 2. The summed E-state index contributed by atoms with van der Waals surface area (Å²) >= 11 is 11.8. The van der Waals surface area contributed by atoms with Crippen LogP contribution in [0.5, 0.6) is 0 Å². The van der Waals surface area contributed by atoms with Gasteiger partial charge in [0.2, 0.25) is 0 Å². The Balaban J connectivity index is 2.51. The lowest BCUT2D eigenvalue weighted by Crippen LogP contribution is -2.06. The number of nitrogens with one attached hydrogen (secondary N) is 1. The van der Waals surface area contributed by atoms with Gasteiger partial charge in [0.1, 0.15) is 0 Å². The lowest BCUT2D eigenvalue weighted by atomic mass is 10.0. The quantitative estimate of drug-likeness (QED) is 0.758. The smallest absolute Gasteiger partial charge is 0.0518 e. The Bertz CT molecular complexity index is 341. The van der Waals surface area contributed by atoms with Crippen LogP contribution in [0, 0.1) is 0 Å². The zero-order valence-electron chi connectivity index (χ0n) is 6.85. The van der Waals surface area contributed by atoms with Crippen LogP contribution >= 0.6 is 23.2 Å². The third-order valence-electron chi connectivity index (χ3n) is 2.26. The maximum absolute atomic E-state index is 9.07. The molecular formula is C9H9Cl2NO. The molecule has 1 aliphatic heterocycles. The molecule has 0 amide bonds. The van der Waals surface area contributed by atoms with Crippen LogP contribution in [0.4, 0.5) is 5.69 Å². The fourth-order valence-electron chi connectivity index (χ4n) is 1.64. The van der Waals surface area contributed by atoms with Gasteiger partial charge in [-0.2, -0.15) is 0 Å². The van der Waals surface area contributed by atoms with E-state index in [2.05, 4.69) is 5.32 Å². The van der Waals surface area contributed by atoms with Gasteiger partial charge in [0.05, 0.1) is 6.61 Å². The van der Waals surface area contributed by atoms with Crippen LogP contribution in [0.2, 0.25) is 10.0 Å². The van der Waals surface area contributed by atoms with Gasteiger partial charge in [-0.05, 0) is 12.1 Å². The summed E-state index contributed by atoms with van der Waals surface area (Å²) in [4.78, 5) is 0. The van der Waals surface area contributed by atoms with Crippen LogP contribution in [0.1, 0.15) is 11.5 Å². The minimum atomic E-state index is 0.0970. The molecule has 13 heavy (non-hydrogen) atoms. The fourth-order valence-corrected chi connectivity index (χ4v) is 2.28. The highest BCUT2D eigenvalue weighted by Gasteiger charge is 2.24. The van der Waals surface area contributed by atoms with Crippen LogP contribution < -0.4 is 5.32 Å². The molecule has 0 saturated heterocycles. The van der Waals surface area contributed by atoms with E-state index in [1.165, 1.54) is 0 Å². The normalized spacial score (nSPS) is 19.8. The van der Waals surface area contributed by atoms with Crippen molar-refractivity contribution in [1.82, 2.24) is 0 Å². The Labute approximate surface area is 86.5 Å². The molecule has 0 fully saturated rings. The first kappa shape index (κ1) is 9.13. The lowest BCUT2D eigenvalue weighted by molar-refractivity contribution is 0.273. The van der Waals surface area contributed by atoms with E-state index < -0.39 is 0 Å². The van der Waals surface area contributed by atoms with Crippen molar-refractivity contribution in [1.29, 1.82) is 0 Å². The molecule has 1 atom stereocenters. The highest BCUT2D eigenvalue weighted by molar-refractivity contribution is 6.35. The van der Waals surface area contributed by atoms with E-state index in [0.29, 0.717) is 10.0 Å². The molecule has 0 radical (unpaired) electrons. The first-order valence-corrected chi connectivity index (χ1v) is 4.81. The summed E-state index contributed by atoms with van der Waals surface area (Å²) in [5.74, 6) is 0.0970. The monoisotopic (exact) mass is 217 g/mol. The van der Waals surface area contributed by atoms with Crippen molar-refractivity contribution in [3.05, 3.63) is 27.7 Å². The average Bonchev–Trinajstić information content (AvgIpc) is 2.47. The molecule has 0 aliphatic carbocycles. The summed E-state index contributed by atoms with van der Waals surface area (Å²) in [7, 11) is 0. The Morgan fingerprint density at radius 3 is 2.92 bits per heavy atom. The van der Waals surface area contributed by atoms with Crippen molar-refractivity contribution in [3.8, 4) is 0 Å². The summed E-state index contributed by atoms with van der Waals surface area (Å²) in [6.45, 7) is 0.841. The Hall–Kier alpha value is -0.440. The average molecular weight is 218 g/mol. The molecule has 0 saturated carbocycles. The summed E-state index contributed by atoms with van der Waals surface area (Å²) < 4.78 is 0. The topological polar surface area (TPSA) is 32.3 Å². The number of rotatable bonds is 1. The zero-order chi connectivity index (χ0) is 9.42. The lowest BCUT2D eigenvalue weighted by Gasteiger charge is -2.07. The Morgan fingerprint density at radius 1 is 1.46 bits per heavy atom. The molecule has 2 N–H and O–H groups in total. The van der Waals surface area contributed by atoms with Gasteiger partial charge < -0.3 is 10.4 Å². The number of hydrogen-bond donors (Lipinski definition) is 2. The zero-order valence-corrected chi connectivity index (χ0v) is 8.36. The molecule has 2 nitrogen and oxygen atoms in total. The number of aliphatic hydroxyl groups is 1. The van der Waals surface area contributed by atoms with Crippen molar-refractivity contribution in [2.24, 2.45) is 0 Å². The van der Waals surface area contributed by atoms with Crippen molar-refractivity contribution < 1.29 is 5.11 Å². The van der Waals surface area contributed by atoms with Gasteiger partial charge in [-0.15, -0.1) is 0 Å². The standard InChI is InChI=1S/C9H9Cl2NO/c10-6-1-7(11)9-5(4-13)3-12-8(9)2-6/h1-2,5,12-13H,3-4H2. The number of aliphatic hydroxyl groups excluding tert-OH is 1. The first-order valence-electron chi connectivity index (χ1n) is 4.06. The van der Waals surface area contributed by atoms with E-state index in [1.54, 1.807) is 6.07 Å². The van der Waals surface area contributed by atoms with Crippen molar-refractivity contribution in [3.63, 3.8) is 0 Å². The number of hydrogen-bond acceptors (Lipinski definition) is 2. The maximum atomic E-state index is 9.07. The minimum Gasteiger partial charge on any atom is -0.396 e. The van der Waals surface area contributed by atoms with E-state index in [1.807, 2.05) is 6.07 Å². The van der Waals surface area contributed by atoms with Gasteiger partial charge >= 0.3 is 0 Å². The van der Waals surface area contributed by atoms with E-state index in [-0.39, 0.29) is 12.5 Å². The molecule has 4 heteroatoms. The van der Waals surface area contributed by atoms with Gasteiger partial charge in [-0.1, -0.05) is 23.2 Å². The predicted molar refractivity (Wildman–Crippen MR) is 54.8 cm³/mol. The van der Waals surface area contributed by atoms with Gasteiger partial charge in [-0.25, -0.2) is 0 Å². The molecule has 70 valence electrons. The van der Waals surface area contributed by atoms with Crippen LogP contribution in [0.25, 0.3) is 0 Å². The van der Waals surface area contributed by atoms with Crippen LogP contribution in [-0.4, -0.2) is 18.3 Å². The second-order valence-electron chi connectivity index (χ2n) is 3.11. The van der Waals surface area contributed by atoms with Gasteiger partial charge in [0.15, 0.2) is 0 Å². The van der Waals surface area contributed by atoms with E-state index >= 15 is 0 Å². The second kappa shape index (κ2) is 3.37. The SMILES string of the molecule is OCC1CNc2cc(Cl)cc(Cl)c21. The summed E-state index contributed by atoms with van der Waals surface area (Å²) in [5.41, 5.74) is 1.92. The third kappa shape index (κ3) is 1.50. The van der Waals surface area contributed by atoms with E-state index in [4.69, 9.17) is 28.3 Å². The van der Waals surface area contributed by atoms with Gasteiger partial charge in [0, 0.05) is 33.8 Å². The van der Waals surface area contributed by atoms with Crippen LogP contribution in [-0.2, 0) is 0 Å². The minimum absolute atomic E-state index is 0.0970. The predicted octanol–water partition coefficient (Wildman–Crippen LogP) is 2.49. The molecule has 1 aliphatic rings. The van der Waals surface area contributed by atoms with Crippen molar-refractivity contribution in [2.45, 2.75) is 5.92 Å². The number of benzene rings is 1. The molecule has 1 aromatic carbocycles. The molecule has 1 aromatic rings. The highest BCUT2D eigenvalue weighted by atomic mass is 35.5. The molecular weight excluding hydrogens is 209 g/mol. The second-order valence-corrected chi connectivity index (χ2v) is 3.95. The van der Waals surface area contributed by atoms with Crippen molar-refractivity contribution >= 4 is 28.9 Å². The van der Waals surface area contributed by atoms with Gasteiger partial charge in [-0.3, -0.25) is 0 Å². The summed E-state index contributed by atoms with van der Waals surface area (Å²) in [5, 5.41) is 13.5. The molecule has 2 rings (SSSR count). The van der Waals surface area contributed by atoms with Crippen LogP contribution in [0.15, 0.2) is 12.1 Å². The Morgan fingerprint density at radius 2 is 2.23 bits per heavy atom. The molecule has 1 heterocycles. The van der Waals surface area contributed by atoms with Crippen LogP contribution in [0.3, 0.4) is 0 Å².